The molecule has 0 aromatic carbocycles. The molecule has 18 heavy (non-hydrogen) atoms. The van der Waals surface area contributed by atoms with Gasteiger partial charge in [-0.3, -0.25) is 9.69 Å². The summed E-state index contributed by atoms with van der Waals surface area (Å²) in [5, 5.41) is 6.06. The van der Waals surface area contributed by atoms with Crippen LogP contribution in [-0.2, 0) is 11.3 Å². The number of likely N-dealkylation sites (N-methyl/N-ethyl adjacent to an activating group) is 1. The minimum Gasteiger partial charge on any atom is -0.372 e. The van der Waals surface area contributed by atoms with Crippen LogP contribution in [0.3, 0.4) is 0 Å². The molecule has 1 amide bonds. The smallest absolute Gasteiger partial charge is 0.231 e. The maximum atomic E-state index is 10.8. The highest BCUT2D eigenvalue weighted by atomic mass is 32.1. The molecular formula is C11H15N5OS. The number of carbonyl (C=O) groups is 1. The van der Waals surface area contributed by atoms with E-state index in [0.29, 0.717) is 12.4 Å². The summed E-state index contributed by atoms with van der Waals surface area (Å²) in [6, 6.07) is 1.99. The summed E-state index contributed by atoms with van der Waals surface area (Å²) in [5.41, 5.74) is 5.15. The van der Waals surface area contributed by atoms with Crippen molar-refractivity contribution >= 4 is 33.3 Å². The minimum absolute atomic E-state index is 0.195. The van der Waals surface area contributed by atoms with Crippen molar-refractivity contribution in [2.24, 2.45) is 5.73 Å². The zero-order valence-corrected chi connectivity index (χ0v) is 11.1. The van der Waals surface area contributed by atoms with Crippen LogP contribution in [-0.4, -0.2) is 41.4 Å². The predicted octanol–water partition coefficient (Wildman–Crippen LogP) is 0.650. The highest BCUT2D eigenvalue weighted by Crippen LogP contribution is 2.24. The van der Waals surface area contributed by atoms with Crippen molar-refractivity contribution in [2.75, 3.05) is 26.0 Å². The normalized spacial score (nSPS) is 11.1. The van der Waals surface area contributed by atoms with Gasteiger partial charge in [0.2, 0.25) is 5.91 Å². The molecule has 7 heteroatoms. The summed E-state index contributed by atoms with van der Waals surface area (Å²) in [4.78, 5) is 22.4. The van der Waals surface area contributed by atoms with Gasteiger partial charge in [-0.1, -0.05) is 0 Å². The second kappa shape index (κ2) is 5.28. The molecule has 0 fully saturated rings. The topological polar surface area (TPSA) is 84.1 Å². The van der Waals surface area contributed by atoms with E-state index in [1.165, 1.54) is 0 Å². The first kappa shape index (κ1) is 12.7. The first-order valence-electron chi connectivity index (χ1n) is 5.49. The second-order valence-electron chi connectivity index (χ2n) is 4.02. The molecule has 3 N–H and O–H groups in total. The van der Waals surface area contributed by atoms with Crippen molar-refractivity contribution in [1.82, 2.24) is 14.9 Å². The average Bonchev–Trinajstić information content (AvgIpc) is 2.74. The van der Waals surface area contributed by atoms with Gasteiger partial charge in [0.25, 0.3) is 0 Å². The van der Waals surface area contributed by atoms with Gasteiger partial charge in [0.1, 0.15) is 16.5 Å². The SMILES string of the molecule is CNc1nc(CN(C)CC(N)=O)nc2sccc12. The number of primary amides is 1. The Balaban J connectivity index is 2.25. The molecule has 2 heterocycles. The Labute approximate surface area is 109 Å². The number of nitrogens with zero attached hydrogens (tertiary/aromatic N) is 3. The molecule has 0 aliphatic heterocycles. The van der Waals surface area contributed by atoms with E-state index >= 15 is 0 Å². The van der Waals surface area contributed by atoms with Crippen molar-refractivity contribution in [3.8, 4) is 0 Å². The number of rotatable bonds is 5. The van der Waals surface area contributed by atoms with Crippen molar-refractivity contribution in [3.05, 3.63) is 17.3 Å². The maximum absolute atomic E-state index is 10.8. The van der Waals surface area contributed by atoms with Gasteiger partial charge in [-0.25, -0.2) is 9.97 Å². The number of hydrogen-bond donors (Lipinski definition) is 2. The first-order chi connectivity index (χ1) is 8.60. The van der Waals surface area contributed by atoms with Crippen molar-refractivity contribution in [2.45, 2.75) is 6.54 Å². The second-order valence-corrected chi connectivity index (χ2v) is 4.91. The molecule has 0 bridgehead atoms. The highest BCUT2D eigenvalue weighted by molar-refractivity contribution is 7.16. The van der Waals surface area contributed by atoms with Crippen LogP contribution in [0, 0.1) is 0 Å². The molecule has 2 rings (SSSR count). The lowest BCUT2D eigenvalue weighted by Gasteiger charge is -2.13. The van der Waals surface area contributed by atoms with Gasteiger partial charge < -0.3 is 11.1 Å². The monoisotopic (exact) mass is 265 g/mol. The van der Waals surface area contributed by atoms with E-state index in [9.17, 15) is 4.79 Å². The van der Waals surface area contributed by atoms with Gasteiger partial charge in [-0.05, 0) is 18.5 Å². The summed E-state index contributed by atoms with van der Waals surface area (Å²) < 4.78 is 0. The van der Waals surface area contributed by atoms with E-state index in [-0.39, 0.29) is 12.5 Å². The molecule has 2 aromatic rings. The van der Waals surface area contributed by atoms with Crippen LogP contribution in [0.1, 0.15) is 5.82 Å². The van der Waals surface area contributed by atoms with Crippen molar-refractivity contribution < 1.29 is 4.79 Å². The number of aromatic nitrogens is 2. The van der Waals surface area contributed by atoms with E-state index in [1.54, 1.807) is 16.2 Å². The third kappa shape index (κ3) is 2.74. The van der Waals surface area contributed by atoms with Crippen LogP contribution in [0.2, 0.25) is 0 Å². The molecule has 0 radical (unpaired) electrons. The molecule has 6 nitrogen and oxygen atoms in total. The predicted molar refractivity (Wildman–Crippen MR) is 72.5 cm³/mol. The van der Waals surface area contributed by atoms with Crippen LogP contribution in [0.25, 0.3) is 10.2 Å². The lowest BCUT2D eigenvalue weighted by molar-refractivity contribution is -0.118. The number of fused-ring (bicyclic) bond motifs is 1. The quantitative estimate of drug-likeness (QED) is 0.829. The van der Waals surface area contributed by atoms with E-state index in [1.807, 2.05) is 25.5 Å². The molecule has 0 saturated heterocycles. The van der Waals surface area contributed by atoms with Gasteiger partial charge in [-0.2, -0.15) is 0 Å². The van der Waals surface area contributed by atoms with Crippen LogP contribution in [0.4, 0.5) is 5.82 Å². The molecule has 0 spiro atoms. The number of thiophene rings is 1. The largest absolute Gasteiger partial charge is 0.372 e. The molecule has 0 unspecified atom stereocenters. The van der Waals surface area contributed by atoms with Gasteiger partial charge in [0, 0.05) is 7.05 Å². The number of anilines is 1. The minimum atomic E-state index is -0.358. The molecule has 2 aromatic heterocycles. The summed E-state index contributed by atoms with van der Waals surface area (Å²) in [7, 11) is 3.64. The van der Waals surface area contributed by atoms with Gasteiger partial charge in [0.05, 0.1) is 18.5 Å². The highest BCUT2D eigenvalue weighted by Gasteiger charge is 2.10. The molecule has 0 atom stereocenters. The number of nitrogens with one attached hydrogen (secondary N) is 1. The number of hydrogen-bond acceptors (Lipinski definition) is 6. The Kier molecular flexibility index (Phi) is 3.73. The summed E-state index contributed by atoms with van der Waals surface area (Å²) >= 11 is 1.57. The standard InChI is InChI=1S/C11H15N5OS/c1-13-10-7-3-4-18-11(7)15-9(14-10)6-16(2)5-8(12)17/h3-4H,5-6H2,1-2H3,(H2,12,17)(H,13,14,15). The molecule has 0 aliphatic rings. The van der Waals surface area contributed by atoms with E-state index in [0.717, 1.165) is 16.0 Å². The van der Waals surface area contributed by atoms with Crippen LogP contribution >= 0.6 is 11.3 Å². The molecule has 0 saturated carbocycles. The zero-order chi connectivity index (χ0) is 13.1. The lowest BCUT2D eigenvalue weighted by atomic mass is 10.3. The Hall–Kier alpha value is -1.73. The number of amides is 1. The Morgan fingerprint density at radius 3 is 3.00 bits per heavy atom. The lowest BCUT2D eigenvalue weighted by Crippen LogP contribution is -2.30. The third-order valence-electron chi connectivity index (χ3n) is 2.45. The van der Waals surface area contributed by atoms with Gasteiger partial charge in [-0.15, -0.1) is 11.3 Å². The van der Waals surface area contributed by atoms with Crippen molar-refractivity contribution in [1.29, 1.82) is 0 Å². The maximum Gasteiger partial charge on any atom is 0.231 e. The zero-order valence-electron chi connectivity index (χ0n) is 10.3. The van der Waals surface area contributed by atoms with Crippen LogP contribution in [0.15, 0.2) is 11.4 Å². The Bertz CT molecular complexity index is 568. The molecule has 96 valence electrons. The summed E-state index contributed by atoms with van der Waals surface area (Å²) in [6.07, 6.45) is 0. The summed E-state index contributed by atoms with van der Waals surface area (Å²) in [6.45, 7) is 0.687. The fourth-order valence-electron chi connectivity index (χ4n) is 1.72. The molecule has 0 aliphatic carbocycles. The van der Waals surface area contributed by atoms with Crippen molar-refractivity contribution in [3.63, 3.8) is 0 Å². The van der Waals surface area contributed by atoms with Gasteiger partial charge in [0.15, 0.2) is 0 Å². The average molecular weight is 265 g/mol. The van der Waals surface area contributed by atoms with E-state index in [2.05, 4.69) is 15.3 Å². The Morgan fingerprint density at radius 2 is 2.33 bits per heavy atom. The number of carbonyl (C=O) groups excluding carboxylic acids is 1. The fourth-order valence-corrected chi connectivity index (χ4v) is 2.51. The van der Waals surface area contributed by atoms with E-state index in [4.69, 9.17) is 5.73 Å². The molecular weight excluding hydrogens is 250 g/mol. The number of nitrogens with two attached hydrogens (primary N) is 1. The Morgan fingerprint density at radius 1 is 1.56 bits per heavy atom. The van der Waals surface area contributed by atoms with Crippen LogP contribution < -0.4 is 11.1 Å². The fraction of sp³-hybridized carbons (Fsp3) is 0.364. The van der Waals surface area contributed by atoms with Gasteiger partial charge >= 0.3 is 0 Å². The van der Waals surface area contributed by atoms with E-state index < -0.39 is 0 Å². The third-order valence-corrected chi connectivity index (χ3v) is 3.25. The first-order valence-corrected chi connectivity index (χ1v) is 6.37. The summed E-state index contributed by atoms with van der Waals surface area (Å²) in [5.74, 6) is 1.13. The van der Waals surface area contributed by atoms with Crippen LogP contribution in [0.5, 0.6) is 0 Å².